The molecule has 3 atom stereocenters. The highest BCUT2D eigenvalue weighted by Gasteiger charge is 2.38. The summed E-state index contributed by atoms with van der Waals surface area (Å²) in [4.78, 5) is 28.0. The van der Waals surface area contributed by atoms with Crippen LogP contribution in [0.15, 0.2) is 30.3 Å². The van der Waals surface area contributed by atoms with Gasteiger partial charge in [-0.2, -0.15) is 0 Å². The van der Waals surface area contributed by atoms with Gasteiger partial charge in [-0.25, -0.2) is 0 Å². The highest BCUT2D eigenvalue weighted by molar-refractivity contribution is 5.87. The number of rotatable bonds is 2. The van der Waals surface area contributed by atoms with Gasteiger partial charge in [-0.15, -0.1) is 12.4 Å². The van der Waals surface area contributed by atoms with Gasteiger partial charge in [0, 0.05) is 51.0 Å². The van der Waals surface area contributed by atoms with Crippen LogP contribution >= 0.6 is 12.4 Å². The van der Waals surface area contributed by atoms with Gasteiger partial charge in [0.1, 0.15) is 0 Å². The number of hydrogen-bond donors (Lipinski definition) is 1. The third-order valence-electron chi connectivity index (χ3n) is 4.91. The standard InChI is InChI=1S/C17H23N3O2.ClH/c1-19-8-7-13(9-16(19)21)17(22)20-10-14(15(18)11-20)12-5-3-2-4-6-12;/h2-6,13-15H,7-11,18H2,1H3;1H/t13?,14-,15+;/m0./s1. The molecule has 0 aromatic heterocycles. The molecule has 23 heavy (non-hydrogen) atoms. The van der Waals surface area contributed by atoms with E-state index in [1.54, 1.807) is 11.9 Å². The molecule has 2 amide bonds. The number of nitrogens with zero attached hydrogens (tertiary/aromatic N) is 2. The van der Waals surface area contributed by atoms with Crippen LogP contribution in [-0.4, -0.2) is 54.3 Å². The molecule has 0 aliphatic carbocycles. The summed E-state index contributed by atoms with van der Waals surface area (Å²) < 4.78 is 0. The molecule has 2 aliphatic heterocycles. The summed E-state index contributed by atoms with van der Waals surface area (Å²) in [5.41, 5.74) is 7.43. The van der Waals surface area contributed by atoms with Crippen LogP contribution in [0, 0.1) is 5.92 Å². The van der Waals surface area contributed by atoms with Crippen LogP contribution in [0.4, 0.5) is 0 Å². The van der Waals surface area contributed by atoms with Crippen molar-refractivity contribution in [1.82, 2.24) is 9.80 Å². The van der Waals surface area contributed by atoms with Crippen LogP contribution in [0.3, 0.4) is 0 Å². The molecule has 2 aliphatic rings. The number of piperidine rings is 1. The Labute approximate surface area is 143 Å². The van der Waals surface area contributed by atoms with Crippen molar-refractivity contribution < 1.29 is 9.59 Å². The lowest BCUT2D eigenvalue weighted by atomic mass is 9.94. The van der Waals surface area contributed by atoms with Crippen molar-refractivity contribution in [2.45, 2.75) is 24.8 Å². The Morgan fingerprint density at radius 1 is 1.22 bits per heavy atom. The van der Waals surface area contributed by atoms with Crippen molar-refractivity contribution in [2.24, 2.45) is 11.7 Å². The first-order chi connectivity index (χ1) is 10.6. The third kappa shape index (κ3) is 3.67. The molecule has 2 fully saturated rings. The fourth-order valence-electron chi connectivity index (χ4n) is 3.47. The fourth-order valence-corrected chi connectivity index (χ4v) is 3.47. The predicted molar refractivity (Wildman–Crippen MR) is 91.3 cm³/mol. The van der Waals surface area contributed by atoms with E-state index in [0.717, 1.165) is 6.42 Å². The van der Waals surface area contributed by atoms with Crippen LogP contribution in [0.2, 0.25) is 0 Å². The van der Waals surface area contributed by atoms with Gasteiger partial charge >= 0.3 is 0 Å². The number of nitrogens with two attached hydrogens (primary N) is 1. The molecule has 0 radical (unpaired) electrons. The molecule has 5 nitrogen and oxygen atoms in total. The van der Waals surface area contributed by atoms with Gasteiger partial charge in [-0.1, -0.05) is 30.3 Å². The first kappa shape index (κ1) is 17.8. The molecule has 2 heterocycles. The Kier molecular flexibility index (Phi) is 5.65. The van der Waals surface area contributed by atoms with Gasteiger partial charge < -0.3 is 15.5 Å². The molecule has 1 aromatic rings. The minimum Gasteiger partial charge on any atom is -0.346 e. The fraction of sp³-hybridized carbons (Fsp3) is 0.529. The van der Waals surface area contributed by atoms with Crippen LogP contribution in [0.5, 0.6) is 0 Å². The topological polar surface area (TPSA) is 66.6 Å². The number of carbonyl (C=O) groups is 2. The van der Waals surface area contributed by atoms with Gasteiger partial charge in [-0.05, 0) is 12.0 Å². The Balaban J connectivity index is 0.00000192. The second-order valence-electron chi connectivity index (χ2n) is 6.43. The molecule has 6 heteroatoms. The summed E-state index contributed by atoms with van der Waals surface area (Å²) >= 11 is 0. The van der Waals surface area contributed by atoms with Gasteiger partial charge in [0.25, 0.3) is 0 Å². The number of halogens is 1. The van der Waals surface area contributed by atoms with Crippen molar-refractivity contribution >= 4 is 24.2 Å². The van der Waals surface area contributed by atoms with Crippen LogP contribution in [-0.2, 0) is 9.59 Å². The van der Waals surface area contributed by atoms with Gasteiger partial charge in [0.2, 0.25) is 11.8 Å². The zero-order valence-electron chi connectivity index (χ0n) is 13.4. The SMILES string of the molecule is CN1CCC(C(=O)N2C[C@@H](N)[C@H](c3ccccc3)C2)CC1=O.Cl. The van der Waals surface area contributed by atoms with Gasteiger partial charge in [0.05, 0.1) is 0 Å². The predicted octanol–water partition coefficient (Wildman–Crippen LogP) is 1.23. The van der Waals surface area contributed by atoms with Crippen molar-refractivity contribution in [2.75, 3.05) is 26.7 Å². The van der Waals surface area contributed by atoms with Crippen molar-refractivity contribution in [3.63, 3.8) is 0 Å². The zero-order valence-corrected chi connectivity index (χ0v) is 14.2. The van der Waals surface area contributed by atoms with Gasteiger partial charge in [0.15, 0.2) is 0 Å². The van der Waals surface area contributed by atoms with E-state index in [1.807, 2.05) is 23.1 Å². The average Bonchev–Trinajstić information content (AvgIpc) is 2.92. The minimum absolute atomic E-state index is 0. The summed E-state index contributed by atoms with van der Waals surface area (Å²) in [7, 11) is 1.79. The van der Waals surface area contributed by atoms with E-state index in [2.05, 4.69) is 12.1 Å². The summed E-state index contributed by atoms with van der Waals surface area (Å²) in [6.07, 6.45) is 1.08. The van der Waals surface area contributed by atoms with Crippen LogP contribution in [0.1, 0.15) is 24.3 Å². The molecule has 1 unspecified atom stereocenters. The highest BCUT2D eigenvalue weighted by atomic mass is 35.5. The van der Waals surface area contributed by atoms with E-state index in [-0.39, 0.29) is 42.1 Å². The van der Waals surface area contributed by atoms with Crippen molar-refractivity contribution in [1.29, 1.82) is 0 Å². The summed E-state index contributed by atoms with van der Waals surface area (Å²) in [5, 5.41) is 0. The van der Waals surface area contributed by atoms with Crippen molar-refractivity contribution in [3.8, 4) is 0 Å². The summed E-state index contributed by atoms with van der Waals surface area (Å²) in [6.45, 7) is 1.90. The summed E-state index contributed by atoms with van der Waals surface area (Å²) in [6, 6.07) is 10.1. The second-order valence-corrected chi connectivity index (χ2v) is 6.43. The maximum Gasteiger partial charge on any atom is 0.226 e. The molecule has 0 saturated carbocycles. The van der Waals surface area contributed by atoms with E-state index in [1.165, 1.54) is 5.56 Å². The Morgan fingerprint density at radius 2 is 1.91 bits per heavy atom. The lowest BCUT2D eigenvalue weighted by molar-refractivity contribution is -0.143. The maximum absolute atomic E-state index is 12.7. The molecular weight excluding hydrogens is 314 g/mol. The molecule has 1 aromatic carbocycles. The van der Waals surface area contributed by atoms with Gasteiger partial charge in [-0.3, -0.25) is 9.59 Å². The number of carbonyl (C=O) groups excluding carboxylic acids is 2. The zero-order chi connectivity index (χ0) is 15.7. The first-order valence-corrected chi connectivity index (χ1v) is 7.89. The van der Waals surface area contributed by atoms with E-state index < -0.39 is 0 Å². The van der Waals surface area contributed by atoms with E-state index in [9.17, 15) is 9.59 Å². The lowest BCUT2D eigenvalue weighted by Crippen LogP contribution is -2.43. The molecule has 0 bridgehead atoms. The maximum atomic E-state index is 12.7. The molecular formula is C17H24ClN3O2. The van der Waals surface area contributed by atoms with Crippen LogP contribution < -0.4 is 5.73 Å². The first-order valence-electron chi connectivity index (χ1n) is 7.89. The largest absolute Gasteiger partial charge is 0.346 e. The second kappa shape index (κ2) is 7.32. The van der Waals surface area contributed by atoms with Crippen molar-refractivity contribution in [3.05, 3.63) is 35.9 Å². The Bertz CT molecular complexity index is 566. The highest BCUT2D eigenvalue weighted by Crippen LogP contribution is 2.29. The van der Waals surface area contributed by atoms with E-state index >= 15 is 0 Å². The Morgan fingerprint density at radius 3 is 2.57 bits per heavy atom. The van der Waals surface area contributed by atoms with E-state index in [0.29, 0.717) is 26.1 Å². The third-order valence-corrected chi connectivity index (χ3v) is 4.91. The summed E-state index contributed by atoms with van der Waals surface area (Å²) in [5.74, 6) is 0.167. The normalized spacial score (nSPS) is 27.7. The minimum atomic E-state index is -0.176. The molecule has 3 rings (SSSR count). The quantitative estimate of drug-likeness (QED) is 0.882. The molecule has 2 N–H and O–H groups in total. The molecule has 126 valence electrons. The number of amides is 2. The van der Waals surface area contributed by atoms with E-state index in [4.69, 9.17) is 5.73 Å². The average molecular weight is 338 g/mol. The van der Waals surface area contributed by atoms with Crippen LogP contribution in [0.25, 0.3) is 0 Å². The monoisotopic (exact) mass is 337 g/mol. The molecule has 2 saturated heterocycles. The number of hydrogen-bond acceptors (Lipinski definition) is 3. The number of likely N-dealkylation sites (tertiary alicyclic amines) is 2. The Hall–Kier alpha value is -1.59. The smallest absolute Gasteiger partial charge is 0.226 e. The lowest BCUT2D eigenvalue weighted by Gasteiger charge is -2.30. The number of benzene rings is 1. The molecule has 0 spiro atoms.